The van der Waals surface area contributed by atoms with Crippen LogP contribution in [0.25, 0.3) is 0 Å². The van der Waals surface area contributed by atoms with E-state index in [2.05, 4.69) is 12.2 Å². The summed E-state index contributed by atoms with van der Waals surface area (Å²) in [5.41, 5.74) is 1.53. The molecule has 0 saturated carbocycles. The first-order chi connectivity index (χ1) is 12.0. The molecule has 0 aliphatic carbocycles. The summed E-state index contributed by atoms with van der Waals surface area (Å²) in [5, 5.41) is 3.51. The van der Waals surface area contributed by atoms with Crippen molar-refractivity contribution in [1.29, 1.82) is 0 Å². The van der Waals surface area contributed by atoms with Gasteiger partial charge in [0.2, 0.25) is 0 Å². The summed E-state index contributed by atoms with van der Waals surface area (Å²) in [6.45, 7) is 6.33. The normalized spacial score (nSPS) is 11.7. The van der Waals surface area contributed by atoms with Crippen LogP contribution in [0, 0.1) is 6.92 Å². The highest BCUT2D eigenvalue weighted by Crippen LogP contribution is 2.26. The van der Waals surface area contributed by atoms with Crippen LogP contribution in [0.3, 0.4) is 0 Å². The molecule has 1 atom stereocenters. The number of amides is 1. The van der Waals surface area contributed by atoms with Gasteiger partial charge in [-0.05, 0) is 56.2 Å². The van der Waals surface area contributed by atoms with Crippen LogP contribution in [0.4, 0.5) is 5.69 Å². The second-order valence-corrected chi connectivity index (χ2v) is 6.29. The lowest BCUT2D eigenvalue weighted by molar-refractivity contribution is -0.122. The van der Waals surface area contributed by atoms with Gasteiger partial charge in [-0.2, -0.15) is 0 Å². The number of para-hydroxylation sites is 2. The van der Waals surface area contributed by atoms with Crippen molar-refractivity contribution in [2.75, 3.05) is 11.9 Å². The zero-order valence-electron chi connectivity index (χ0n) is 14.8. The molecule has 2 aromatic rings. The van der Waals surface area contributed by atoms with Gasteiger partial charge in [0.25, 0.3) is 5.91 Å². The highest BCUT2D eigenvalue weighted by Gasteiger charge is 2.17. The fourth-order valence-corrected chi connectivity index (χ4v) is 2.47. The maximum atomic E-state index is 12.5. The smallest absolute Gasteiger partial charge is 0.265 e. The molecule has 5 heteroatoms. The number of aryl methyl sites for hydroxylation is 1. The van der Waals surface area contributed by atoms with E-state index in [1.165, 1.54) is 0 Å². The lowest BCUT2D eigenvalue weighted by atomic mass is 10.2. The molecule has 0 aliphatic heterocycles. The Kier molecular flexibility index (Phi) is 7.14. The van der Waals surface area contributed by atoms with Gasteiger partial charge in [-0.15, -0.1) is 0 Å². The van der Waals surface area contributed by atoms with E-state index in [-0.39, 0.29) is 5.91 Å². The van der Waals surface area contributed by atoms with Gasteiger partial charge in [0.1, 0.15) is 11.5 Å². The Morgan fingerprint density at radius 2 is 1.96 bits per heavy atom. The van der Waals surface area contributed by atoms with E-state index in [9.17, 15) is 4.79 Å². The Bertz CT molecular complexity index is 718. The number of rotatable bonds is 8. The summed E-state index contributed by atoms with van der Waals surface area (Å²) in [4.78, 5) is 12.5. The van der Waals surface area contributed by atoms with Crippen LogP contribution in [-0.4, -0.2) is 18.6 Å². The van der Waals surface area contributed by atoms with Crippen LogP contribution in [0.1, 0.15) is 32.3 Å². The van der Waals surface area contributed by atoms with Gasteiger partial charge < -0.3 is 14.8 Å². The number of benzene rings is 2. The summed E-state index contributed by atoms with van der Waals surface area (Å²) in [6.07, 6.45) is 1.38. The molecule has 0 unspecified atom stereocenters. The molecule has 4 nitrogen and oxygen atoms in total. The van der Waals surface area contributed by atoms with Crippen molar-refractivity contribution in [3.63, 3.8) is 0 Å². The van der Waals surface area contributed by atoms with Crippen molar-refractivity contribution in [2.24, 2.45) is 0 Å². The van der Waals surface area contributed by atoms with Crippen LogP contribution in [-0.2, 0) is 4.79 Å². The molecule has 0 aliphatic rings. The standard InChI is InChI=1S/C20H24ClNO3/c1-4-5-12-24-19-9-7-6-8-17(19)22-20(23)15(3)25-18-11-10-16(21)13-14(18)2/h6-11,13,15H,4-5,12H2,1-3H3,(H,22,23)/t15-/m0/s1. The average molecular weight is 362 g/mol. The first-order valence-corrected chi connectivity index (χ1v) is 8.84. The molecule has 1 amide bonds. The van der Waals surface area contributed by atoms with Gasteiger partial charge in [-0.1, -0.05) is 37.1 Å². The number of nitrogens with one attached hydrogen (secondary N) is 1. The molecule has 0 spiro atoms. The van der Waals surface area contributed by atoms with E-state index in [0.29, 0.717) is 28.8 Å². The Morgan fingerprint density at radius 1 is 1.20 bits per heavy atom. The largest absolute Gasteiger partial charge is 0.491 e. The topological polar surface area (TPSA) is 47.6 Å². The third-order valence-electron chi connectivity index (χ3n) is 3.71. The van der Waals surface area contributed by atoms with Crippen LogP contribution < -0.4 is 14.8 Å². The molecule has 2 aromatic carbocycles. The number of halogens is 1. The molecule has 134 valence electrons. The molecule has 1 N–H and O–H groups in total. The molecular formula is C20H24ClNO3. The van der Waals surface area contributed by atoms with Gasteiger partial charge >= 0.3 is 0 Å². The molecular weight excluding hydrogens is 338 g/mol. The van der Waals surface area contributed by atoms with Crippen LogP contribution >= 0.6 is 11.6 Å². The Balaban J connectivity index is 2.01. The van der Waals surface area contributed by atoms with Crippen molar-refractivity contribution in [3.8, 4) is 11.5 Å². The third kappa shape index (κ3) is 5.68. The van der Waals surface area contributed by atoms with Gasteiger partial charge in [0.15, 0.2) is 6.10 Å². The van der Waals surface area contributed by atoms with E-state index in [0.717, 1.165) is 18.4 Å². The first-order valence-electron chi connectivity index (χ1n) is 8.46. The average Bonchev–Trinajstić information content (AvgIpc) is 2.59. The minimum atomic E-state index is -0.649. The number of anilines is 1. The molecule has 0 fully saturated rings. The zero-order valence-corrected chi connectivity index (χ0v) is 15.6. The van der Waals surface area contributed by atoms with Crippen molar-refractivity contribution < 1.29 is 14.3 Å². The van der Waals surface area contributed by atoms with Crippen LogP contribution in [0.5, 0.6) is 11.5 Å². The number of hydrogen-bond acceptors (Lipinski definition) is 3. The van der Waals surface area contributed by atoms with Crippen molar-refractivity contribution >= 4 is 23.2 Å². The molecule has 0 saturated heterocycles. The highest BCUT2D eigenvalue weighted by molar-refractivity contribution is 6.30. The highest BCUT2D eigenvalue weighted by atomic mass is 35.5. The minimum Gasteiger partial charge on any atom is -0.491 e. The third-order valence-corrected chi connectivity index (χ3v) is 3.95. The van der Waals surface area contributed by atoms with Crippen LogP contribution in [0.2, 0.25) is 5.02 Å². The van der Waals surface area contributed by atoms with Crippen molar-refractivity contribution in [2.45, 2.75) is 39.7 Å². The van der Waals surface area contributed by atoms with E-state index in [1.807, 2.05) is 31.2 Å². The zero-order chi connectivity index (χ0) is 18.2. The fourth-order valence-electron chi connectivity index (χ4n) is 2.25. The first kappa shape index (κ1) is 19.1. The predicted octanol–water partition coefficient (Wildman–Crippen LogP) is 5.23. The number of carbonyl (C=O) groups is 1. The van der Waals surface area contributed by atoms with E-state index < -0.39 is 6.10 Å². The molecule has 25 heavy (non-hydrogen) atoms. The van der Waals surface area contributed by atoms with Crippen LogP contribution in [0.15, 0.2) is 42.5 Å². The quantitative estimate of drug-likeness (QED) is 0.654. The molecule has 0 heterocycles. The maximum absolute atomic E-state index is 12.5. The Labute approximate surface area is 154 Å². The summed E-state index contributed by atoms with van der Waals surface area (Å²) in [7, 11) is 0. The van der Waals surface area contributed by atoms with E-state index in [4.69, 9.17) is 21.1 Å². The summed E-state index contributed by atoms with van der Waals surface area (Å²) >= 11 is 5.94. The maximum Gasteiger partial charge on any atom is 0.265 e. The van der Waals surface area contributed by atoms with Gasteiger partial charge in [-0.3, -0.25) is 4.79 Å². The van der Waals surface area contributed by atoms with Crippen molar-refractivity contribution in [1.82, 2.24) is 0 Å². The van der Waals surface area contributed by atoms with Crippen molar-refractivity contribution in [3.05, 3.63) is 53.1 Å². The lowest BCUT2D eigenvalue weighted by Gasteiger charge is -2.18. The summed E-state index contributed by atoms with van der Waals surface area (Å²) < 4.78 is 11.5. The molecule has 0 radical (unpaired) electrons. The SMILES string of the molecule is CCCCOc1ccccc1NC(=O)[C@H](C)Oc1ccc(Cl)cc1C. The van der Waals surface area contributed by atoms with E-state index in [1.54, 1.807) is 25.1 Å². The molecule has 0 aromatic heterocycles. The van der Waals surface area contributed by atoms with Gasteiger partial charge in [0, 0.05) is 5.02 Å². The predicted molar refractivity (Wildman–Crippen MR) is 102 cm³/mol. The second kappa shape index (κ2) is 9.33. The lowest BCUT2D eigenvalue weighted by Crippen LogP contribution is -2.30. The number of unbranched alkanes of at least 4 members (excludes halogenated alkanes) is 1. The number of ether oxygens (including phenoxy) is 2. The van der Waals surface area contributed by atoms with E-state index >= 15 is 0 Å². The minimum absolute atomic E-state index is 0.235. The molecule has 2 rings (SSSR count). The Hall–Kier alpha value is -2.20. The summed E-state index contributed by atoms with van der Waals surface area (Å²) in [6, 6.07) is 12.7. The molecule has 0 bridgehead atoms. The number of hydrogen-bond donors (Lipinski definition) is 1. The van der Waals surface area contributed by atoms with Gasteiger partial charge in [0.05, 0.1) is 12.3 Å². The van der Waals surface area contributed by atoms with Gasteiger partial charge in [-0.25, -0.2) is 0 Å². The fraction of sp³-hybridized carbons (Fsp3) is 0.350. The number of carbonyl (C=O) groups excluding carboxylic acids is 1. The summed E-state index contributed by atoms with van der Waals surface area (Å²) in [5.74, 6) is 1.07. The second-order valence-electron chi connectivity index (χ2n) is 5.86. The monoisotopic (exact) mass is 361 g/mol. The Morgan fingerprint density at radius 3 is 2.68 bits per heavy atom.